The first-order chi connectivity index (χ1) is 15.4. The summed E-state index contributed by atoms with van der Waals surface area (Å²) >= 11 is 0. The lowest BCUT2D eigenvalue weighted by Gasteiger charge is -2.15. The molecule has 0 aliphatic heterocycles. The predicted molar refractivity (Wildman–Crippen MR) is 120 cm³/mol. The maximum atomic E-state index is 11.9. The van der Waals surface area contributed by atoms with Gasteiger partial charge in [0.2, 0.25) is 0 Å². The van der Waals surface area contributed by atoms with Crippen molar-refractivity contribution >= 4 is 11.9 Å². The van der Waals surface area contributed by atoms with E-state index in [2.05, 4.69) is 16.3 Å². The van der Waals surface area contributed by atoms with Gasteiger partial charge < -0.3 is 9.47 Å². The molecule has 0 spiro atoms. The number of benzene rings is 2. The highest BCUT2D eigenvalue weighted by Gasteiger charge is 2.24. The Morgan fingerprint density at radius 3 is 1.94 bits per heavy atom. The van der Waals surface area contributed by atoms with Crippen LogP contribution in [0.1, 0.15) is 52.4 Å². The summed E-state index contributed by atoms with van der Waals surface area (Å²) < 4.78 is 10.5. The highest BCUT2D eigenvalue weighted by molar-refractivity contribution is 5.72. The molecular weight excluding hydrogens is 406 g/mol. The van der Waals surface area contributed by atoms with E-state index in [9.17, 15) is 14.9 Å². The van der Waals surface area contributed by atoms with Crippen molar-refractivity contribution in [3.63, 3.8) is 0 Å². The molecule has 0 aliphatic carbocycles. The third kappa shape index (κ3) is 9.52. The van der Waals surface area contributed by atoms with Crippen molar-refractivity contribution in [1.82, 2.24) is 0 Å². The summed E-state index contributed by atoms with van der Waals surface area (Å²) in [5, 5.41) is 18.0. The molecule has 0 aliphatic rings. The van der Waals surface area contributed by atoms with E-state index in [0.29, 0.717) is 37.2 Å². The number of carbonyl (C=O) groups is 2. The number of carbonyl (C=O) groups excluding carboxylic acids is 2. The Hall–Kier alpha value is -3.53. The minimum absolute atomic E-state index is 0.129. The quantitative estimate of drug-likeness (QED) is 0.243. The fourth-order valence-electron chi connectivity index (χ4n) is 2.87. The van der Waals surface area contributed by atoms with Crippen molar-refractivity contribution in [2.75, 3.05) is 0 Å². The second-order valence-electron chi connectivity index (χ2n) is 7.77. The molecule has 0 heterocycles. The van der Waals surface area contributed by atoms with Gasteiger partial charge >= 0.3 is 11.9 Å². The zero-order chi connectivity index (χ0) is 23.2. The van der Waals surface area contributed by atoms with Crippen LogP contribution in [0, 0.1) is 11.3 Å². The monoisotopic (exact) mass is 435 g/mol. The number of rotatable bonds is 12. The van der Waals surface area contributed by atoms with Crippen LogP contribution in [0.5, 0.6) is 11.5 Å². The van der Waals surface area contributed by atoms with Gasteiger partial charge in [-0.25, -0.2) is 0 Å². The molecule has 7 nitrogen and oxygen atoms in total. The van der Waals surface area contributed by atoms with Crippen LogP contribution in [0.2, 0.25) is 0 Å². The third-order valence-corrected chi connectivity index (χ3v) is 4.71. The highest BCUT2D eigenvalue weighted by Crippen LogP contribution is 2.21. The normalized spacial score (nSPS) is 13.7. The van der Waals surface area contributed by atoms with Gasteiger partial charge in [-0.15, -0.1) is 0 Å². The summed E-state index contributed by atoms with van der Waals surface area (Å²) in [7, 11) is 0. The van der Waals surface area contributed by atoms with Crippen LogP contribution in [0.4, 0.5) is 0 Å². The molecule has 168 valence electrons. The summed E-state index contributed by atoms with van der Waals surface area (Å²) in [4.78, 5) is 23.8. The zero-order valence-electron chi connectivity index (χ0n) is 18.6. The van der Waals surface area contributed by atoms with Crippen molar-refractivity contribution in [2.45, 2.75) is 64.0 Å². The molecule has 0 amide bonds. The van der Waals surface area contributed by atoms with Crippen LogP contribution in [-0.2, 0) is 9.59 Å². The van der Waals surface area contributed by atoms with Gasteiger partial charge in [-0.3, -0.25) is 9.59 Å². The molecule has 32 heavy (non-hydrogen) atoms. The first-order valence-electron chi connectivity index (χ1n) is 10.7. The molecule has 0 aromatic heterocycles. The van der Waals surface area contributed by atoms with Crippen molar-refractivity contribution in [3.05, 3.63) is 60.7 Å². The Balaban J connectivity index is 1.68. The summed E-state index contributed by atoms with van der Waals surface area (Å²) in [6, 6.07) is 19.9. The summed E-state index contributed by atoms with van der Waals surface area (Å²) in [6.07, 6.45) is 2.61. The van der Waals surface area contributed by atoms with Crippen molar-refractivity contribution in [2.24, 2.45) is 10.2 Å². The van der Waals surface area contributed by atoms with E-state index in [-0.39, 0.29) is 30.8 Å². The van der Waals surface area contributed by atoms with Crippen LogP contribution >= 0.6 is 0 Å². The van der Waals surface area contributed by atoms with Gasteiger partial charge in [0, 0.05) is 12.8 Å². The van der Waals surface area contributed by atoms with Gasteiger partial charge in [-0.1, -0.05) is 36.4 Å². The molecule has 0 bridgehead atoms. The van der Waals surface area contributed by atoms with Gasteiger partial charge in [0.05, 0.1) is 12.1 Å². The van der Waals surface area contributed by atoms with E-state index in [0.717, 1.165) is 0 Å². The summed E-state index contributed by atoms with van der Waals surface area (Å²) in [6.45, 7) is 3.59. The van der Waals surface area contributed by atoms with Gasteiger partial charge in [-0.2, -0.15) is 15.5 Å². The van der Waals surface area contributed by atoms with E-state index in [1.807, 2.05) is 31.2 Å². The Kier molecular flexibility index (Phi) is 10.1. The first kappa shape index (κ1) is 24.7. The molecule has 0 N–H and O–H groups in total. The number of ether oxygens (including phenoxy) is 2. The number of hydrogen-bond donors (Lipinski definition) is 0. The van der Waals surface area contributed by atoms with E-state index < -0.39 is 5.54 Å². The second-order valence-corrected chi connectivity index (χ2v) is 7.77. The molecule has 2 aromatic rings. The Morgan fingerprint density at radius 1 is 0.938 bits per heavy atom. The molecule has 2 unspecified atom stereocenters. The smallest absolute Gasteiger partial charge is 0.311 e. The van der Waals surface area contributed by atoms with Gasteiger partial charge in [0.15, 0.2) is 5.54 Å². The molecule has 2 aromatic carbocycles. The molecule has 7 heteroatoms. The molecule has 2 rings (SSSR count). The summed E-state index contributed by atoms with van der Waals surface area (Å²) in [5.41, 5.74) is -1.01. The standard InChI is InChI=1S/C25H29N3O4/c1-20(11-9-16-23(29)31-21-12-5-3-6-13-21)27-28-25(2,19-26)18-10-17-24(30)32-22-14-7-4-8-15-22/h3-8,12-15,20H,9-11,16-18H2,1-2H3. The maximum Gasteiger partial charge on any atom is 0.311 e. The lowest BCUT2D eigenvalue weighted by molar-refractivity contribution is -0.135. The molecular formula is C25H29N3O4. The SMILES string of the molecule is CC(CCCC(=O)Oc1ccccc1)N=NC(C)(C#N)CCCC(=O)Oc1ccccc1. The van der Waals surface area contributed by atoms with Crippen molar-refractivity contribution < 1.29 is 19.1 Å². The Morgan fingerprint density at radius 2 is 1.44 bits per heavy atom. The van der Waals surface area contributed by atoms with E-state index in [1.54, 1.807) is 43.3 Å². The average Bonchev–Trinajstić information content (AvgIpc) is 2.79. The molecule has 0 saturated heterocycles. The van der Waals surface area contributed by atoms with Crippen LogP contribution < -0.4 is 9.47 Å². The fraction of sp³-hybridized carbons (Fsp3) is 0.400. The predicted octanol–water partition coefficient (Wildman–Crippen LogP) is 5.66. The maximum absolute atomic E-state index is 11.9. The van der Waals surface area contributed by atoms with Gasteiger partial charge in [-0.05, 0) is 63.8 Å². The van der Waals surface area contributed by atoms with E-state index in [1.165, 1.54) is 0 Å². The van der Waals surface area contributed by atoms with Crippen LogP contribution in [0.25, 0.3) is 0 Å². The number of hydrogen-bond acceptors (Lipinski definition) is 7. The largest absolute Gasteiger partial charge is 0.427 e. The van der Waals surface area contributed by atoms with Crippen LogP contribution in [0.3, 0.4) is 0 Å². The van der Waals surface area contributed by atoms with Gasteiger partial charge in [0.25, 0.3) is 0 Å². The van der Waals surface area contributed by atoms with Crippen molar-refractivity contribution in [1.29, 1.82) is 5.26 Å². The molecule has 0 radical (unpaired) electrons. The topological polar surface area (TPSA) is 101 Å². The number of nitriles is 1. The fourth-order valence-corrected chi connectivity index (χ4v) is 2.87. The Labute approximate surface area is 189 Å². The Bertz CT molecular complexity index is 925. The number of para-hydroxylation sites is 2. The highest BCUT2D eigenvalue weighted by atomic mass is 16.5. The van der Waals surface area contributed by atoms with Crippen LogP contribution in [0.15, 0.2) is 70.9 Å². The lowest BCUT2D eigenvalue weighted by Crippen LogP contribution is -2.20. The van der Waals surface area contributed by atoms with Crippen LogP contribution in [-0.4, -0.2) is 23.5 Å². The zero-order valence-corrected chi connectivity index (χ0v) is 18.6. The molecule has 0 fully saturated rings. The summed E-state index contributed by atoms with van der Waals surface area (Å²) in [5.74, 6) is 0.401. The molecule has 2 atom stereocenters. The number of azo groups is 1. The number of nitrogens with zero attached hydrogens (tertiary/aromatic N) is 3. The average molecular weight is 436 g/mol. The second kappa shape index (κ2) is 13.0. The minimum Gasteiger partial charge on any atom is -0.427 e. The third-order valence-electron chi connectivity index (χ3n) is 4.71. The van der Waals surface area contributed by atoms with E-state index in [4.69, 9.17) is 9.47 Å². The number of esters is 2. The van der Waals surface area contributed by atoms with Crippen molar-refractivity contribution in [3.8, 4) is 17.6 Å². The lowest BCUT2D eigenvalue weighted by atomic mass is 9.98. The van der Waals surface area contributed by atoms with E-state index >= 15 is 0 Å². The van der Waals surface area contributed by atoms with Gasteiger partial charge in [0.1, 0.15) is 11.5 Å². The molecule has 0 saturated carbocycles. The minimum atomic E-state index is -1.01. The first-order valence-corrected chi connectivity index (χ1v) is 10.7.